The molecule has 0 aliphatic carbocycles. The number of anilines is 2. The quantitative estimate of drug-likeness (QED) is 0.695. The van der Waals surface area contributed by atoms with Gasteiger partial charge in [-0.05, 0) is 49.2 Å². The van der Waals surface area contributed by atoms with Crippen molar-refractivity contribution in [3.05, 3.63) is 47.9 Å². The summed E-state index contributed by atoms with van der Waals surface area (Å²) in [5.74, 6) is 0.803. The SMILES string of the molecule is Cc1cc(N2CCOCC2)ccc1NC(=O)NCCCOCc1ccco1. The number of nitrogens with one attached hydrogen (secondary N) is 2. The number of furan rings is 1. The van der Waals surface area contributed by atoms with Crippen molar-refractivity contribution in [3.63, 3.8) is 0 Å². The third-order valence-corrected chi connectivity index (χ3v) is 4.41. The summed E-state index contributed by atoms with van der Waals surface area (Å²) in [5.41, 5.74) is 3.02. The summed E-state index contributed by atoms with van der Waals surface area (Å²) < 4.78 is 16.1. The molecule has 0 atom stereocenters. The van der Waals surface area contributed by atoms with Crippen LogP contribution in [0.25, 0.3) is 0 Å². The van der Waals surface area contributed by atoms with Crippen molar-refractivity contribution in [3.8, 4) is 0 Å². The fraction of sp³-hybridized carbons (Fsp3) is 0.450. The number of carbonyl (C=O) groups is 1. The van der Waals surface area contributed by atoms with E-state index in [1.807, 2.05) is 31.2 Å². The van der Waals surface area contributed by atoms with Crippen molar-refractivity contribution >= 4 is 17.4 Å². The number of rotatable bonds is 8. The highest BCUT2D eigenvalue weighted by atomic mass is 16.5. The minimum absolute atomic E-state index is 0.205. The monoisotopic (exact) mass is 373 g/mol. The normalized spacial score (nSPS) is 14.2. The molecule has 7 nitrogen and oxygen atoms in total. The van der Waals surface area contributed by atoms with Crippen molar-refractivity contribution in [1.82, 2.24) is 5.32 Å². The van der Waals surface area contributed by atoms with Crippen LogP contribution in [-0.4, -0.2) is 45.5 Å². The Bertz CT molecular complexity index is 712. The number of hydrogen-bond acceptors (Lipinski definition) is 5. The molecule has 1 aliphatic rings. The van der Waals surface area contributed by atoms with E-state index in [0.717, 1.165) is 55.4 Å². The molecule has 0 bridgehead atoms. The van der Waals surface area contributed by atoms with Crippen LogP contribution in [0.5, 0.6) is 0 Å². The number of morpholine rings is 1. The molecule has 27 heavy (non-hydrogen) atoms. The number of urea groups is 1. The first kappa shape index (κ1) is 19.3. The minimum Gasteiger partial charge on any atom is -0.467 e. The maximum atomic E-state index is 12.1. The average molecular weight is 373 g/mol. The highest BCUT2D eigenvalue weighted by Gasteiger charge is 2.12. The lowest BCUT2D eigenvalue weighted by atomic mass is 10.1. The lowest BCUT2D eigenvalue weighted by molar-refractivity contribution is 0.104. The first-order chi connectivity index (χ1) is 13.2. The molecule has 1 aliphatic heterocycles. The van der Waals surface area contributed by atoms with Gasteiger partial charge < -0.3 is 29.4 Å². The van der Waals surface area contributed by atoms with E-state index >= 15 is 0 Å². The van der Waals surface area contributed by atoms with Crippen LogP contribution in [0.2, 0.25) is 0 Å². The van der Waals surface area contributed by atoms with Gasteiger partial charge in [0.05, 0.1) is 19.5 Å². The lowest BCUT2D eigenvalue weighted by Gasteiger charge is -2.29. The summed E-state index contributed by atoms with van der Waals surface area (Å²) in [6.45, 7) is 6.88. The first-order valence-electron chi connectivity index (χ1n) is 9.31. The van der Waals surface area contributed by atoms with Crippen LogP contribution < -0.4 is 15.5 Å². The Kier molecular flexibility index (Phi) is 7.12. The highest BCUT2D eigenvalue weighted by Crippen LogP contribution is 2.23. The standard InChI is InChI=1S/C20H27N3O4/c1-16-14-17(23-8-12-25-13-9-23)5-6-19(16)22-20(24)21-7-3-10-26-15-18-4-2-11-27-18/h2,4-6,11,14H,3,7-10,12-13,15H2,1H3,(H2,21,22,24). The number of hydrogen-bond donors (Lipinski definition) is 2. The molecule has 3 rings (SSSR count). The molecule has 1 saturated heterocycles. The first-order valence-corrected chi connectivity index (χ1v) is 9.31. The van der Waals surface area contributed by atoms with E-state index in [9.17, 15) is 4.79 Å². The molecule has 7 heteroatoms. The highest BCUT2D eigenvalue weighted by molar-refractivity contribution is 5.90. The molecule has 2 N–H and O–H groups in total. The maximum Gasteiger partial charge on any atom is 0.319 e. The zero-order chi connectivity index (χ0) is 18.9. The number of ether oxygens (including phenoxy) is 2. The molecule has 2 aromatic rings. The van der Waals surface area contributed by atoms with Gasteiger partial charge in [0.15, 0.2) is 0 Å². The molecule has 1 fully saturated rings. The Morgan fingerprint density at radius 2 is 2.11 bits per heavy atom. The summed E-state index contributed by atoms with van der Waals surface area (Å²) in [5, 5.41) is 5.75. The molecule has 0 unspecified atom stereocenters. The minimum atomic E-state index is -0.205. The second kappa shape index (κ2) is 9.99. The Morgan fingerprint density at radius 1 is 1.26 bits per heavy atom. The van der Waals surface area contributed by atoms with Crippen LogP contribution in [0.3, 0.4) is 0 Å². The van der Waals surface area contributed by atoms with Crippen LogP contribution in [0.15, 0.2) is 41.0 Å². The Hall–Kier alpha value is -2.51. The van der Waals surface area contributed by atoms with Crippen molar-refractivity contribution < 1.29 is 18.7 Å². The molecular formula is C20H27N3O4. The maximum absolute atomic E-state index is 12.1. The van der Waals surface area contributed by atoms with Gasteiger partial charge in [0.1, 0.15) is 12.4 Å². The topological polar surface area (TPSA) is 76.0 Å². The summed E-state index contributed by atoms with van der Waals surface area (Å²) in [6, 6.07) is 9.59. The number of carbonyl (C=O) groups excluding carboxylic acids is 1. The summed E-state index contributed by atoms with van der Waals surface area (Å²) >= 11 is 0. The Morgan fingerprint density at radius 3 is 2.85 bits per heavy atom. The molecule has 0 saturated carbocycles. The fourth-order valence-corrected chi connectivity index (χ4v) is 2.92. The molecule has 2 heterocycles. The predicted molar refractivity (Wildman–Crippen MR) is 104 cm³/mol. The van der Waals surface area contributed by atoms with E-state index in [1.165, 1.54) is 0 Å². The largest absolute Gasteiger partial charge is 0.467 e. The van der Waals surface area contributed by atoms with Crippen molar-refractivity contribution in [2.24, 2.45) is 0 Å². The van der Waals surface area contributed by atoms with Gasteiger partial charge >= 0.3 is 6.03 Å². The van der Waals surface area contributed by atoms with E-state index in [2.05, 4.69) is 21.6 Å². The van der Waals surface area contributed by atoms with E-state index in [4.69, 9.17) is 13.9 Å². The zero-order valence-electron chi connectivity index (χ0n) is 15.7. The average Bonchev–Trinajstić information content (AvgIpc) is 3.20. The fourth-order valence-electron chi connectivity index (χ4n) is 2.92. The van der Waals surface area contributed by atoms with Crippen LogP contribution >= 0.6 is 0 Å². The predicted octanol–water partition coefficient (Wildman–Crippen LogP) is 3.15. The molecule has 2 amide bonds. The zero-order valence-corrected chi connectivity index (χ0v) is 15.7. The van der Waals surface area contributed by atoms with Gasteiger partial charge in [-0.1, -0.05) is 0 Å². The second-order valence-corrected chi connectivity index (χ2v) is 6.47. The van der Waals surface area contributed by atoms with Gasteiger partial charge in [-0.2, -0.15) is 0 Å². The lowest BCUT2D eigenvalue weighted by Crippen LogP contribution is -2.36. The number of benzene rings is 1. The van der Waals surface area contributed by atoms with Gasteiger partial charge in [0.25, 0.3) is 0 Å². The number of nitrogens with zero attached hydrogens (tertiary/aromatic N) is 1. The molecular weight excluding hydrogens is 346 g/mol. The molecule has 0 spiro atoms. The van der Waals surface area contributed by atoms with Crippen LogP contribution in [0, 0.1) is 6.92 Å². The van der Waals surface area contributed by atoms with E-state index in [1.54, 1.807) is 6.26 Å². The second-order valence-electron chi connectivity index (χ2n) is 6.47. The van der Waals surface area contributed by atoms with Crippen molar-refractivity contribution in [1.29, 1.82) is 0 Å². The van der Waals surface area contributed by atoms with Crippen LogP contribution in [0.4, 0.5) is 16.2 Å². The van der Waals surface area contributed by atoms with Gasteiger partial charge in [-0.3, -0.25) is 0 Å². The van der Waals surface area contributed by atoms with Crippen LogP contribution in [0.1, 0.15) is 17.7 Å². The van der Waals surface area contributed by atoms with E-state index < -0.39 is 0 Å². The third kappa shape index (κ3) is 6.01. The van der Waals surface area contributed by atoms with Gasteiger partial charge in [-0.15, -0.1) is 0 Å². The van der Waals surface area contributed by atoms with Gasteiger partial charge in [0, 0.05) is 37.6 Å². The van der Waals surface area contributed by atoms with E-state index in [-0.39, 0.29) is 6.03 Å². The van der Waals surface area contributed by atoms with Gasteiger partial charge in [0.2, 0.25) is 0 Å². The van der Waals surface area contributed by atoms with Gasteiger partial charge in [-0.25, -0.2) is 4.79 Å². The smallest absolute Gasteiger partial charge is 0.319 e. The Balaban J connectivity index is 1.36. The molecule has 1 aromatic carbocycles. The summed E-state index contributed by atoms with van der Waals surface area (Å²) in [7, 11) is 0. The van der Waals surface area contributed by atoms with Crippen molar-refractivity contribution in [2.45, 2.75) is 20.0 Å². The number of amides is 2. The van der Waals surface area contributed by atoms with Crippen molar-refractivity contribution in [2.75, 3.05) is 49.7 Å². The summed E-state index contributed by atoms with van der Waals surface area (Å²) in [4.78, 5) is 14.4. The van der Waals surface area contributed by atoms with Crippen LogP contribution in [-0.2, 0) is 16.1 Å². The van der Waals surface area contributed by atoms with E-state index in [0.29, 0.717) is 19.8 Å². The third-order valence-electron chi connectivity index (χ3n) is 4.41. The number of aryl methyl sites for hydroxylation is 1. The summed E-state index contributed by atoms with van der Waals surface area (Å²) in [6.07, 6.45) is 2.36. The molecule has 1 aromatic heterocycles. The Labute approximate surface area is 159 Å². The molecule has 146 valence electrons. The molecule has 0 radical (unpaired) electrons.